The minimum absolute atomic E-state index is 0. The van der Waals surface area contributed by atoms with Crippen LogP contribution in [0.4, 0.5) is 4.79 Å². The normalized spacial score (nSPS) is 17.8. The topological polar surface area (TPSA) is 53.2 Å². The quantitative estimate of drug-likeness (QED) is 0.553. The first kappa shape index (κ1) is 11.5. The monoisotopic (exact) mass is 193 g/mol. The van der Waals surface area contributed by atoms with Crippen molar-refractivity contribution in [2.45, 2.75) is 18.9 Å². The summed E-state index contributed by atoms with van der Waals surface area (Å²) >= 11 is 0. The van der Waals surface area contributed by atoms with Crippen LogP contribution in [0.1, 0.15) is 12.8 Å². The molecule has 4 nitrogen and oxygen atoms in total. The third-order valence-corrected chi connectivity index (χ3v) is 1.90. The van der Waals surface area contributed by atoms with Gasteiger partial charge in [0.25, 0.3) is 0 Å². The van der Waals surface area contributed by atoms with Crippen molar-refractivity contribution in [3.8, 4) is 0 Å². The van der Waals surface area contributed by atoms with Crippen LogP contribution in [0.2, 0.25) is 0 Å². The lowest BCUT2D eigenvalue weighted by Gasteiger charge is -2.23. The molecule has 1 aliphatic rings. The van der Waals surface area contributed by atoms with Crippen LogP contribution < -0.4 is 16.0 Å². The van der Waals surface area contributed by atoms with Gasteiger partial charge in [-0.3, -0.25) is 0 Å². The summed E-state index contributed by atoms with van der Waals surface area (Å²) in [6.45, 7) is 2.02. The minimum Gasteiger partial charge on any atom is -0.341 e. The first-order chi connectivity index (χ1) is 5.33. The van der Waals surface area contributed by atoms with Crippen molar-refractivity contribution in [3.63, 3.8) is 0 Å². The van der Waals surface area contributed by atoms with Crippen molar-refractivity contribution >= 4 is 18.4 Å². The molecule has 0 aromatic rings. The molecule has 0 aromatic carbocycles. The smallest absolute Gasteiger partial charge is 0.314 e. The number of carbonyl (C=O) groups is 1. The summed E-state index contributed by atoms with van der Waals surface area (Å²) in [5, 5.41) is 8.65. The summed E-state index contributed by atoms with van der Waals surface area (Å²) in [5.41, 5.74) is 0. The molecule has 0 spiro atoms. The van der Waals surface area contributed by atoms with Gasteiger partial charge < -0.3 is 16.0 Å². The first-order valence-electron chi connectivity index (χ1n) is 4.02. The highest BCUT2D eigenvalue weighted by Crippen LogP contribution is 2.00. The summed E-state index contributed by atoms with van der Waals surface area (Å²) in [5.74, 6) is 0. The number of carbonyl (C=O) groups excluding carboxylic acids is 1. The van der Waals surface area contributed by atoms with Crippen molar-refractivity contribution in [1.82, 2.24) is 16.0 Å². The van der Waals surface area contributed by atoms with Crippen LogP contribution in [-0.2, 0) is 0 Å². The van der Waals surface area contributed by atoms with Crippen LogP contribution >= 0.6 is 12.4 Å². The van der Waals surface area contributed by atoms with E-state index in [2.05, 4.69) is 16.0 Å². The second-order valence-corrected chi connectivity index (χ2v) is 2.75. The Morgan fingerprint density at radius 3 is 2.50 bits per heavy atom. The van der Waals surface area contributed by atoms with E-state index in [0.717, 1.165) is 25.9 Å². The summed E-state index contributed by atoms with van der Waals surface area (Å²) in [7, 11) is 1.64. The van der Waals surface area contributed by atoms with Crippen LogP contribution in [0, 0.1) is 0 Å². The molecular weight excluding hydrogens is 178 g/mol. The molecule has 0 atom stereocenters. The van der Waals surface area contributed by atoms with Crippen LogP contribution in [0.15, 0.2) is 0 Å². The number of urea groups is 1. The van der Waals surface area contributed by atoms with Gasteiger partial charge in [0.2, 0.25) is 0 Å². The lowest BCUT2D eigenvalue weighted by Crippen LogP contribution is -2.45. The van der Waals surface area contributed by atoms with Crippen LogP contribution in [0.25, 0.3) is 0 Å². The van der Waals surface area contributed by atoms with Gasteiger partial charge in [0, 0.05) is 13.1 Å². The molecular formula is C7H16ClN3O. The molecule has 1 rings (SSSR count). The van der Waals surface area contributed by atoms with Crippen LogP contribution in [0.3, 0.4) is 0 Å². The molecule has 3 N–H and O–H groups in total. The lowest BCUT2D eigenvalue weighted by atomic mass is 10.1. The molecule has 1 saturated heterocycles. The zero-order valence-electron chi connectivity index (χ0n) is 7.22. The average molecular weight is 194 g/mol. The molecule has 1 aliphatic heterocycles. The number of rotatable bonds is 1. The van der Waals surface area contributed by atoms with Gasteiger partial charge >= 0.3 is 6.03 Å². The molecule has 5 heteroatoms. The Hall–Kier alpha value is -0.480. The summed E-state index contributed by atoms with van der Waals surface area (Å²) in [6, 6.07) is 0.285. The molecule has 72 valence electrons. The summed E-state index contributed by atoms with van der Waals surface area (Å²) < 4.78 is 0. The first-order valence-corrected chi connectivity index (χ1v) is 4.02. The molecule has 0 aromatic heterocycles. The third-order valence-electron chi connectivity index (χ3n) is 1.90. The molecule has 2 amide bonds. The Morgan fingerprint density at radius 1 is 1.42 bits per heavy atom. The minimum atomic E-state index is -0.0723. The van der Waals surface area contributed by atoms with E-state index in [1.54, 1.807) is 7.05 Å². The van der Waals surface area contributed by atoms with E-state index >= 15 is 0 Å². The molecule has 0 aliphatic carbocycles. The molecule has 0 bridgehead atoms. The van der Waals surface area contributed by atoms with Crippen LogP contribution in [0.5, 0.6) is 0 Å². The highest BCUT2D eigenvalue weighted by atomic mass is 35.5. The predicted octanol–water partition coefficient (Wildman–Crippen LogP) is 0.0892. The van der Waals surface area contributed by atoms with E-state index in [-0.39, 0.29) is 18.4 Å². The van der Waals surface area contributed by atoms with E-state index in [4.69, 9.17) is 0 Å². The fourth-order valence-electron chi connectivity index (χ4n) is 1.22. The molecule has 1 fully saturated rings. The Balaban J connectivity index is 0.00000121. The van der Waals surface area contributed by atoms with E-state index in [9.17, 15) is 4.79 Å². The zero-order chi connectivity index (χ0) is 8.10. The predicted molar refractivity (Wildman–Crippen MR) is 50.7 cm³/mol. The van der Waals surface area contributed by atoms with Crippen molar-refractivity contribution in [3.05, 3.63) is 0 Å². The van der Waals surface area contributed by atoms with Gasteiger partial charge in [-0.15, -0.1) is 12.4 Å². The third kappa shape index (κ3) is 3.78. The standard InChI is InChI=1S/C7H15N3O.ClH/c1-8-7(11)10-6-2-4-9-5-3-6;/h6,9H,2-5H2,1H3,(H2,8,10,11);1H. The Bertz CT molecular complexity index is 137. The number of hydrogen-bond acceptors (Lipinski definition) is 2. The molecule has 0 unspecified atom stereocenters. The average Bonchev–Trinajstić information content (AvgIpc) is 2.06. The van der Waals surface area contributed by atoms with E-state index in [0.29, 0.717) is 6.04 Å². The number of nitrogens with one attached hydrogen (secondary N) is 3. The maximum absolute atomic E-state index is 10.8. The van der Waals surface area contributed by atoms with Gasteiger partial charge in [-0.05, 0) is 25.9 Å². The number of amides is 2. The highest BCUT2D eigenvalue weighted by Gasteiger charge is 2.13. The molecule has 1 heterocycles. The number of hydrogen-bond donors (Lipinski definition) is 3. The largest absolute Gasteiger partial charge is 0.341 e. The van der Waals surface area contributed by atoms with E-state index in [1.807, 2.05) is 0 Å². The summed E-state index contributed by atoms with van der Waals surface area (Å²) in [6.07, 6.45) is 2.07. The maximum atomic E-state index is 10.8. The Labute approximate surface area is 78.9 Å². The van der Waals surface area contributed by atoms with Crippen molar-refractivity contribution < 1.29 is 4.79 Å². The zero-order valence-corrected chi connectivity index (χ0v) is 8.04. The van der Waals surface area contributed by atoms with Gasteiger partial charge in [0.15, 0.2) is 0 Å². The van der Waals surface area contributed by atoms with Gasteiger partial charge in [-0.25, -0.2) is 4.79 Å². The van der Waals surface area contributed by atoms with E-state index in [1.165, 1.54) is 0 Å². The molecule has 0 saturated carbocycles. The number of piperidine rings is 1. The fraction of sp³-hybridized carbons (Fsp3) is 0.857. The summed E-state index contributed by atoms with van der Waals surface area (Å²) in [4.78, 5) is 10.8. The Kier molecular flexibility index (Phi) is 5.84. The second-order valence-electron chi connectivity index (χ2n) is 2.75. The molecule has 0 radical (unpaired) electrons. The van der Waals surface area contributed by atoms with Gasteiger partial charge in [-0.2, -0.15) is 0 Å². The van der Waals surface area contributed by atoms with Crippen LogP contribution in [-0.4, -0.2) is 32.2 Å². The number of halogens is 1. The maximum Gasteiger partial charge on any atom is 0.314 e. The van der Waals surface area contributed by atoms with E-state index < -0.39 is 0 Å². The highest BCUT2D eigenvalue weighted by molar-refractivity contribution is 5.85. The van der Waals surface area contributed by atoms with Gasteiger partial charge in [0.1, 0.15) is 0 Å². The van der Waals surface area contributed by atoms with Crippen molar-refractivity contribution in [2.75, 3.05) is 20.1 Å². The molecule has 12 heavy (non-hydrogen) atoms. The fourth-order valence-corrected chi connectivity index (χ4v) is 1.22. The SMILES string of the molecule is CNC(=O)NC1CCNCC1.Cl. The Morgan fingerprint density at radius 2 is 2.00 bits per heavy atom. The van der Waals surface area contributed by atoms with Crippen molar-refractivity contribution in [2.24, 2.45) is 0 Å². The second kappa shape index (κ2) is 6.08. The van der Waals surface area contributed by atoms with Crippen molar-refractivity contribution in [1.29, 1.82) is 0 Å². The lowest BCUT2D eigenvalue weighted by molar-refractivity contribution is 0.235. The van der Waals surface area contributed by atoms with Gasteiger partial charge in [-0.1, -0.05) is 0 Å². The van der Waals surface area contributed by atoms with Gasteiger partial charge in [0.05, 0.1) is 0 Å².